The maximum Gasteiger partial charge on any atom is 0.295 e. The van der Waals surface area contributed by atoms with E-state index in [1.165, 1.54) is 25.7 Å². The number of nitro groups is 1. The number of amides is 1. The summed E-state index contributed by atoms with van der Waals surface area (Å²) in [7, 11) is 0. The van der Waals surface area contributed by atoms with E-state index in [0.29, 0.717) is 6.54 Å². The van der Waals surface area contributed by atoms with E-state index in [2.05, 4.69) is 10.2 Å². The summed E-state index contributed by atoms with van der Waals surface area (Å²) >= 11 is 0. The molecular weight excluding hydrogens is 351 g/mol. The Morgan fingerprint density at radius 3 is 2.44 bits per heavy atom. The third kappa shape index (κ3) is 4.21. The number of rotatable bonds is 5. The van der Waals surface area contributed by atoms with Crippen LogP contribution in [0.3, 0.4) is 0 Å². The molecule has 1 aliphatic carbocycles. The van der Waals surface area contributed by atoms with Gasteiger partial charge in [-0.1, -0.05) is 25.7 Å². The Labute approximate surface area is 158 Å². The van der Waals surface area contributed by atoms with Crippen LogP contribution in [0, 0.1) is 15.9 Å². The molecule has 0 atom stereocenters. The zero-order valence-corrected chi connectivity index (χ0v) is 15.5. The number of halogens is 1. The molecule has 0 bridgehead atoms. The van der Waals surface area contributed by atoms with Gasteiger partial charge < -0.3 is 11.1 Å². The largest absolute Gasteiger partial charge is 0.393 e. The summed E-state index contributed by atoms with van der Waals surface area (Å²) < 4.78 is 13.7. The summed E-state index contributed by atoms with van der Waals surface area (Å²) in [5.74, 6) is -1.40. The van der Waals surface area contributed by atoms with Crippen LogP contribution in [0.15, 0.2) is 12.1 Å². The number of nitrogen functional groups attached to an aromatic ring is 1. The van der Waals surface area contributed by atoms with E-state index in [9.17, 15) is 19.3 Å². The summed E-state index contributed by atoms with van der Waals surface area (Å²) in [6.45, 7) is 2.52. The molecule has 2 fully saturated rings. The normalized spacial score (nSPS) is 20.2. The molecule has 0 unspecified atom stereocenters. The van der Waals surface area contributed by atoms with Crippen molar-refractivity contribution in [3.63, 3.8) is 0 Å². The van der Waals surface area contributed by atoms with Crippen LogP contribution in [0.5, 0.6) is 0 Å². The van der Waals surface area contributed by atoms with E-state index < -0.39 is 22.3 Å². The van der Waals surface area contributed by atoms with E-state index in [0.717, 1.165) is 50.9 Å². The van der Waals surface area contributed by atoms with Crippen LogP contribution in [0.4, 0.5) is 15.8 Å². The molecule has 27 heavy (non-hydrogen) atoms. The Kier molecular flexibility index (Phi) is 5.94. The van der Waals surface area contributed by atoms with Crippen LogP contribution >= 0.6 is 0 Å². The first-order valence-electron chi connectivity index (χ1n) is 9.70. The van der Waals surface area contributed by atoms with Crippen LogP contribution in [0.1, 0.15) is 61.7 Å². The Morgan fingerprint density at radius 1 is 1.19 bits per heavy atom. The maximum absolute atomic E-state index is 13.7. The first-order valence-corrected chi connectivity index (χ1v) is 9.70. The lowest BCUT2D eigenvalue weighted by molar-refractivity contribution is -0.384. The fourth-order valence-corrected chi connectivity index (χ4v) is 4.47. The molecule has 0 spiro atoms. The van der Waals surface area contributed by atoms with Gasteiger partial charge in [-0.3, -0.25) is 19.8 Å². The van der Waals surface area contributed by atoms with E-state index >= 15 is 0 Å². The van der Waals surface area contributed by atoms with Crippen LogP contribution < -0.4 is 11.1 Å². The third-order valence-corrected chi connectivity index (χ3v) is 5.95. The van der Waals surface area contributed by atoms with Crippen molar-refractivity contribution >= 4 is 17.3 Å². The van der Waals surface area contributed by atoms with Gasteiger partial charge in [-0.2, -0.15) is 0 Å². The number of hydrogen-bond acceptors (Lipinski definition) is 5. The first-order chi connectivity index (χ1) is 12.9. The Bertz CT molecular complexity index is 713. The second-order valence-electron chi connectivity index (χ2n) is 7.66. The highest BCUT2D eigenvalue weighted by Crippen LogP contribution is 2.35. The zero-order valence-electron chi connectivity index (χ0n) is 15.5. The van der Waals surface area contributed by atoms with Crippen molar-refractivity contribution in [3.05, 3.63) is 33.6 Å². The van der Waals surface area contributed by atoms with Crippen LogP contribution in [0.2, 0.25) is 0 Å². The van der Waals surface area contributed by atoms with Crippen molar-refractivity contribution in [1.82, 2.24) is 10.2 Å². The number of benzene rings is 1. The van der Waals surface area contributed by atoms with Gasteiger partial charge in [-0.15, -0.1) is 0 Å². The second kappa shape index (κ2) is 8.21. The number of nitrogens with one attached hydrogen (secondary N) is 1. The predicted octanol–water partition coefficient (Wildman–Crippen LogP) is 3.23. The molecule has 1 aromatic rings. The second-order valence-corrected chi connectivity index (χ2v) is 7.66. The van der Waals surface area contributed by atoms with Gasteiger partial charge in [0.1, 0.15) is 11.5 Å². The number of piperidine rings is 1. The fraction of sp³-hybridized carbons (Fsp3) is 0.632. The quantitative estimate of drug-likeness (QED) is 0.465. The minimum Gasteiger partial charge on any atom is -0.393 e. The average Bonchev–Trinajstić information content (AvgIpc) is 2.69. The molecule has 1 saturated carbocycles. The van der Waals surface area contributed by atoms with Crippen molar-refractivity contribution in [3.8, 4) is 0 Å². The van der Waals surface area contributed by atoms with Crippen LogP contribution in [0.25, 0.3) is 0 Å². The zero-order chi connectivity index (χ0) is 19.4. The topological polar surface area (TPSA) is 102 Å². The first kappa shape index (κ1) is 19.5. The van der Waals surface area contributed by atoms with E-state index in [1.54, 1.807) is 0 Å². The van der Waals surface area contributed by atoms with Gasteiger partial charge in [0.25, 0.3) is 11.6 Å². The summed E-state index contributed by atoms with van der Waals surface area (Å²) in [6.07, 6.45) is 9.06. The van der Waals surface area contributed by atoms with E-state index in [1.807, 2.05) is 0 Å². The molecule has 1 heterocycles. The molecule has 1 aliphatic heterocycles. The number of anilines is 1. The van der Waals surface area contributed by atoms with Crippen molar-refractivity contribution < 1.29 is 14.1 Å². The number of hydrogen-bond donors (Lipinski definition) is 2. The minimum atomic E-state index is -0.843. The highest BCUT2D eigenvalue weighted by molar-refractivity contribution is 6.01. The maximum atomic E-state index is 13.7. The summed E-state index contributed by atoms with van der Waals surface area (Å²) in [4.78, 5) is 25.4. The summed E-state index contributed by atoms with van der Waals surface area (Å²) in [5, 5.41) is 13.9. The van der Waals surface area contributed by atoms with E-state index in [-0.39, 0.29) is 16.8 Å². The average molecular weight is 378 g/mol. The molecule has 3 rings (SSSR count). The lowest BCUT2D eigenvalue weighted by Crippen LogP contribution is -2.58. The van der Waals surface area contributed by atoms with Gasteiger partial charge in [-0.05, 0) is 44.8 Å². The Morgan fingerprint density at radius 2 is 1.81 bits per heavy atom. The van der Waals surface area contributed by atoms with Crippen molar-refractivity contribution in [2.75, 3.05) is 25.4 Å². The fourth-order valence-electron chi connectivity index (χ4n) is 4.47. The van der Waals surface area contributed by atoms with Gasteiger partial charge in [0.15, 0.2) is 0 Å². The Balaban J connectivity index is 1.77. The molecule has 2 aliphatic rings. The van der Waals surface area contributed by atoms with Crippen LogP contribution in [-0.2, 0) is 0 Å². The van der Waals surface area contributed by atoms with Crippen molar-refractivity contribution in [2.24, 2.45) is 0 Å². The lowest BCUT2D eigenvalue weighted by atomic mass is 9.79. The standard InChI is InChI=1S/C19H27FN4O3/c20-14-11-15(17(21)16(12-14)24(26)27)18(25)22-13-19(7-3-1-4-8-19)23-9-5-2-6-10-23/h11-12H,1-10,13,21H2,(H,22,25). The van der Waals surface area contributed by atoms with Gasteiger partial charge >= 0.3 is 0 Å². The lowest BCUT2D eigenvalue weighted by Gasteiger charge is -2.48. The molecule has 8 heteroatoms. The number of nitrogens with two attached hydrogens (primary N) is 1. The predicted molar refractivity (Wildman–Crippen MR) is 101 cm³/mol. The molecule has 1 amide bonds. The minimum absolute atomic E-state index is 0.0810. The molecule has 0 radical (unpaired) electrons. The smallest absolute Gasteiger partial charge is 0.295 e. The molecule has 0 aromatic heterocycles. The summed E-state index contributed by atoms with van der Waals surface area (Å²) in [5.41, 5.74) is 4.63. The number of likely N-dealkylation sites (tertiary alicyclic amines) is 1. The molecule has 3 N–H and O–H groups in total. The highest BCUT2D eigenvalue weighted by Gasteiger charge is 2.38. The highest BCUT2D eigenvalue weighted by atomic mass is 19.1. The van der Waals surface area contributed by atoms with Gasteiger partial charge in [0, 0.05) is 12.1 Å². The summed E-state index contributed by atoms with van der Waals surface area (Å²) in [6, 6.07) is 1.70. The molecular formula is C19H27FN4O3. The molecule has 1 aromatic carbocycles. The van der Waals surface area contributed by atoms with E-state index in [4.69, 9.17) is 5.73 Å². The van der Waals surface area contributed by atoms with Gasteiger partial charge in [-0.25, -0.2) is 4.39 Å². The third-order valence-electron chi connectivity index (χ3n) is 5.95. The van der Waals surface area contributed by atoms with Crippen LogP contribution in [-0.4, -0.2) is 40.9 Å². The number of carbonyl (C=O) groups excluding carboxylic acids is 1. The van der Waals surface area contributed by atoms with Crippen molar-refractivity contribution in [2.45, 2.75) is 56.9 Å². The molecule has 1 saturated heterocycles. The SMILES string of the molecule is Nc1c(C(=O)NCC2(N3CCCCC3)CCCCC2)cc(F)cc1[N+](=O)[O-]. The number of nitrogens with zero attached hydrogens (tertiary/aromatic N) is 2. The number of carbonyl (C=O) groups is 1. The van der Waals surface area contributed by atoms with Crippen molar-refractivity contribution in [1.29, 1.82) is 0 Å². The van der Waals surface area contributed by atoms with Gasteiger partial charge in [0.2, 0.25) is 0 Å². The van der Waals surface area contributed by atoms with Gasteiger partial charge in [0.05, 0.1) is 16.6 Å². The molecule has 7 nitrogen and oxygen atoms in total. The number of nitro benzene ring substituents is 1. The monoisotopic (exact) mass is 378 g/mol. The molecule has 148 valence electrons. The Hall–Kier alpha value is -2.22.